The van der Waals surface area contributed by atoms with Gasteiger partial charge in [-0.15, -0.1) is 0 Å². The maximum Gasteiger partial charge on any atom is 0.333 e. The summed E-state index contributed by atoms with van der Waals surface area (Å²) in [4.78, 5) is 21.6. The zero-order chi connectivity index (χ0) is 15.6. The van der Waals surface area contributed by atoms with E-state index < -0.39 is 10.8 Å². The molecule has 2 aromatic heterocycles. The standard InChI is InChI=1S/C12H15N5O4/c1-3-16-12(10(17(19)20)7(2)15-16)14-5-9-4-8(6-21-9)11(13)18/h4,6,14H,3,5H2,1-2H3,(H2,13,18). The van der Waals surface area contributed by atoms with Crippen LogP contribution in [0.2, 0.25) is 0 Å². The zero-order valence-corrected chi connectivity index (χ0v) is 11.6. The van der Waals surface area contributed by atoms with Gasteiger partial charge >= 0.3 is 5.69 Å². The van der Waals surface area contributed by atoms with Crippen molar-refractivity contribution < 1.29 is 14.1 Å². The van der Waals surface area contributed by atoms with Crippen molar-refractivity contribution in [1.29, 1.82) is 0 Å². The lowest BCUT2D eigenvalue weighted by molar-refractivity contribution is -0.384. The molecular weight excluding hydrogens is 278 g/mol. The van der Waals surface area contributed by atoms with Gasteiger partial charge in [0.15, 0.2) is 0 Å². The highest BCUT2D eigenvalue weighted by Gasteiger charge is 2.24. The summed E-state index contributed by atoms with van der Waals surface area (Å²) in [6.45, 7) is 4.08. The molecule has 0 saturated carbocycles. The van der Waals surface area contributed by atoms with Crippen molar-refractivity contribution in [2.45, 2.75) is 26.9 Å². The van der Waals surface area contributed by atoms with Gasteiger partial charge < -0.3 is 15.5 Å². The lowest BCUT2D eigenvalue weighted by Crippen LogP contribution is -2.10. The molecule has 0 atom stereocenters. The topological polar surface area (TPSA) is 129 Å². The molecular formula is C12H15N5O4. The van der Waals surface area contributed by atoms with Crippen LogP contribution in [0.15, 0.2) is 16.7 Å². The summed E-state index contributed by atoms with van der Waals surface area (Å²) in [5.74, 6) is 0.155. The van der Waals surface area contributed by atoms with Crippen molar-refractivity contribution >= 4 is 17.4 Å². The predicted octanol–water partition coefficient (Wildman–Crippen LogP) is 1.42. The summed E-state index contributed by atoms with van der Waals surface area (Å²) in [6, 6.07) is 1.49. The second-order valence-corrected chi connectivity index (χ2v) is 4.37. The normalized spacial score (nSPS) is 10.6. The highest BCUT2D eigenvalue weighted by atomic mass is 16.6. The summed E-state index contributed by atoms with van der Waals surface area (Å²) in [7, 11) is 0. The molecule has 0 unspecified atom stereocenters. The molecule has 2 aromatic rings. The number of anilines is 1. The lowest BCUT2D eigenvalue weighted by atomic mass is 10.3. The molecule has 21 heavy (non-hydrogen) atoms. The molecule has 1 amide bonds. The van der Waals surface area contributed by atoms with Crippen LogP contribution in [-0.4, -0.2) is 20.6 Å². The van der Waals surface area contributed by atoms with Gasteiger partial charge in [-0.2, -0.15) is 5.10 Å². The van der Waals surface area contributed by atoms with Crippen LogP contribution < -0.4 is 11.1 Å². The number of hydrogen-bond donors (Lipinski definition) is 2. The number of rotatable bonds is 6. The van der Waals surface area contributed by atoms with E-state index in [-0.39, 0.29) is 17.8 Å². The molecule has 0 bridgehead atoms. The molecule has 0 spiro atoms. The van der Waals surface area contributed by atoms with E-state index in [0.717, 1.165) is 0 Å². The molecule has 0 aliphatic heterocycles. The number of hydrogen-bond acceptors (Lipinski definition) is 6. The van der Waals surface area contributed by atoms with Crippen molar-refractivity contribution in [2.75, 3.05) is 5.32 Å². The van der Waals surface area contributed by atoms with E-state index >= 15 is 0 Å². The molecule has 9 heteroatoms. The van der Waals surface area contributed by atoms with Crippen LogP contribution in [0, 0.1) is 17.0 Å². The number of carbonyl (C=O) groups is 1. The van der Waals surface area contributed by atoms with Gasteiger partial charge in [-0.1, -0.05) is 0 Å². The van der Waals surface area contributed by atoms with Gasteiger partial charge in [0.05, 0.1) is 17.0 Å². The number of nitrogens with zero attached hydrogens (tertiary/aromatic N) is 3. The summed E-state index contributed by atoms with van der Waals surface area (Å²) in [6.07, 6.45) is 1.25. The van der Waals surface area contributed by atoms with Gasteiger partial charge in [0.25, 0.3) is 5.91 Å². The number of nitro groups is 1. The van der Waals surface area contributed by atoms with Gasteiger partial charge in [0.2, 0.25) is 5.82 Å². The second kappa shape index (κ2) is 5.65. The quantitative estimate of drug-likeness (QED) is 0.612. The third kappa shape index (κ3) is 2.86. The fraction of sp³-hybridized carbons (Fsp3) is 0.333. The van der Waals surface area contributed by atoms with Gasteiger partial charge in [0.1, 0.15) is 17.7 Å². The van der Waals surface area contributed by atoms with Gasteiger partial charge in [-0.05, 0) is 19.9 Å². The van der Waals surface area contributed by atoms with Crippen LogP contribution in [-0.2, 0) is 13.1 Å². The molecule has 0 aliphatic rings. The summed E-state index contributed by atoms with van der Waals surface area (Å²) >= 11 is 0. The third-order valence-electron chi connectivity index (χ3n) is 2.95. The van der Waals surface area contributed by atoms with Crippen LogP contribution in [0.3, 0.4) is 0 Å². The number of aryl methyl sites for hydroxylation is 2. The predicted molar refractivity (Wildman–Crippen MR) is 73.8 cm³/mol. The summed E-state index contributed by atoms with van der Waals surface area (Å²) < 4.78 is 6.67. The fourth-order valence-corrected chi connectivity index (χ4v) is 1.97. The van der Waals surface area contributed by atoms with Crippen LogP contribution in [0.25, 0.3) is 0 Å². The minimum Gasteiger partial charge on any atom is -0.467 e. The first-order valence-electron chi connectivity index (χ1n) is 6.27. The number of primary amides is 1. The largest absolute Gasteiger partial charge is 0.467 e. The first-order chi connectivity index (χ1) is 9.93. The smallest absolute Gasteiger partial charge is 0.333 e. The number of nitrogens with one attached hydrogen (secondary N) is 1. The number of carbonyl (C=O) groups excluding carboxylic acids is 1. The van der Waals surface area contributed by atoms with Crippen molar-refractivity contribution in [1.82, 2.24) is 9.78 Å². The van der Waals surface area contributed by atoms with E-state index in [2.05, 4.69) is 10.4 Å². The molecule has 9 nitrogen and oxygen atoms in total. The molecule has 0 saturated heterocycles. The molecule has 0 aromatic carbocycles. The molecule has 3 N–H and O–H groups in total. The van der Waals surface area contributed by atoms with Gasteiger partial charge in [-0.25, -0.2) is 4.68 Å². The fourth-order valence-electron chi connectivity index (χ4n) is 1.97. The van der Waals surface area contributed by atoms with Crippen molar-refractivity contribution in [3.05, 3.63) is 39.5 Å². The monoisotopic (exact) mass is 293 g/mol. The zero-order valence-electron chi connectivity index (χ0n) is 11.6. The Morgan fingerprint density at radius 2 is 2.33 bits per heavy atom. The molecule has 2 heterocycles. The Balaban J connectivity index is 2.22. The molecule has 2 rings (SSSR count). The summed E-state index contributed by atoms with van der Waals surface area (Å²) in [5, 5.41) is 18.1. The van der Waals surface area contributed by atoms with E-state index in [0.29, 0.717) is 23.8 Å². The number of aromatic nitrogens is 2. The number of nitrogens with two attached hydrogens (primary N) is 1. The van der Waals surface area contributed by atoms with Crippen LogP contribution in [0.1, 0.15) is 28.7 Å². The van der Waals surface area contributed by atoms with Crippen molar-refractivity contribution in [3.8, 4) is 0 Å². The lowest BCUT2D eigenvalue weighted by Gasteiger charge is -2.05. The number of furan rings is 1. The minimum absolute atomic E-state index is 0.0708. The average Bonchev–Trinajstić information content (AvgIpc) is 3.00. The highest BCUT2D eigenvalue weighted by Crippen LogP contribution is 2.28. The van der Waals surface area contributed by atoms with Crippen LogP contribution >= 0.6 is 0 Å². The highest BCUT2D eigenvalue weighted by molar-refractivity contribution is 5.92. The van der Waals surface area contributed by atoms with Crippen molar-refractivity contribution in [3.63, 3.8) is 0 Å². The van der Waals surface area contributed by atoms with E-state index in [1.807, 2.05) is 6.92 Å². The van der Waals surface area contributed by atoms with Crippen molar-refractivity contribution in [2.24, 2.45) is 5.73 Å². The molecule has 0 fully saturated rings. The van der Waals surface area contributed by atoms with Crippen LogP contribution in [0.5, 0.6) is 0 Å². The Bertz CT molecular complexity index is 688. The van der Waals surface area contributed by atoms with Gasteiger partial charge in [0, 0.05) is 6.54 Å². The Labute approximate surface area is 119 Å². The van der Waals surface area contributed by atoms with E-state index in [1.165, 1.54) is 17.0 Å². The first-order valence-corrected chi connectivity index (χ1v) is 6.27. The summed E-state index contributed by atoms with van der Waals surface area (Å²) in [5.41, 5.74) is 5.64. The minimum atomic E-state index is -0.592. The second-order valence-electron chi connectivity index (χ2n) is 4.37. The third-order valence-corrected chi connectivity index (χ3v) is 2.95. The molecule has 0 aliphatic carbocycles. The SMILES string of the molecule is CCn1nc(C)c([N+](=O)[O-])c1NCc1cc(C(N)=O)co1. The molecule has 112 valence electrons. The first kappa shape index (κ1) is 14.6. The van der Waals surface area contributed by atoms with E-state index in [9.17, 15) is 14.9 Å². The Kier molecular flexibility index (Phi) is 3.92. The van der Waals surface area contributed by atoms with Gasteiger partial charge in [-0.3, -0.25) is 14.9 Å². The van der Waals surface area contributed by atoms with Crippen LogP contribution in [0.4, 0.5) is 11.5 Å². The Morgan fingerprint density at radius 1 is 1.62 bits per heavy atom. The number of amides is 1. The Hall–Kier alpha value is -2.84. The van der Waals surface area contributed by atoms with E-state index in [1.54, 1.807) is 6.92 Å². The average molecular weight is 293 g/mol. The molecule has 0 radical (unpaired) electrons. The Morgan fingerprint density at radius 3 is 2.86 bits per heavy atom. The maximum atomic E-state index is 11.1. The van der Waals surface area contributed by atoms with E-state index in [4.69, 9.17) is 10.2 Å². The maximum absolute atomic E-state index is 11.1.